The first kappa shape index (κ1) is 26.0. The van der Waals surface area contributed by atoms with E-state index < -0.39 is 11.7 Å². The van der Waals surface area contributed by atoms with Crippen molar-refractivity contribution in [2.75, 3.05) is 19.0 Å². The van der Waals surface area contributed by atoms with Gasteiger partial charge in [0, 0.05) is 21.6 Å². The van der Waals surface area contributed by atoms with E-state index in [0.29, 0.717) is 33.7 Å². The van der Waals surface area contributed by atoms with Gasteiger partial charge in [0.1, 0.15) is 11.6 Å². The van der Waals surface area contributed by atoms with Crippen molar-refractivity contribution in [2.45, 2.75) is 19.8 Å². The summed E-state index contributed by atoms with van der Waals surface area (Å²) in [4.78, 5) is 30.4. The molecule has 0 fully saturated rings. The average molecular weight is 567 g/mol. The van der Waals surface area contributed by atoms with Crippen LogP contribution in [0.3, 0.4) is 0 Å². The van der Waals surface area contributed by atoms with Gasteiger partial charge in [-0.2, -0.15) is 9.78 Å². The molecule has 10 heteroatoms. The molecule has 0 saturated carbocycles. The Hall–Kier alpha value is -4.05. The van der Waals surface area contributed by atoms with Gasteiger partial charge in [0.25, 0.3) is 11.5 Å². The molecule has 0 radical (unpaired) electrons. The molecule has 0 atom stereocenters. The van der Waals surface area contributed by atoms with Crippen LogP contribution in [0.2, 0.25) is 0 Å². The number of aromatic nitrogens is 2. The Labute approximate surface area is 220 Å². The SMILES string of the molecule is COc1cccc(C=Nn2c(C(C)C)nc3ccc(Br)cc3c2=O)c1OCC(=O)Nc1ccc(F)cc1. The molecule has 0 aliphatic carbocycles. The zero-order valence-electron chi connectivity index (χ0n) is 20.4. The van der Waals surface area contributed by atoms with E-state index in [1.807, 2.05) is 19.9 Å². The summed E-state index contributed by atoms with van der Waals surface area (Å²) >= 11 is 3.40. The zero-order valence-corrected chi connectivity index (χ0v) is 22.0. The van der Waals surface area contributed by atoms with E-state index in [-0.39, 0.29) is 23.8 Å². The molecule has 4 aromatic rings. The highest BCUT2D eigenvalue weighted by Gasteiger charge is 2.16. The number of halogens is 2. The second-order valence-corrected chi connectivity index (χ2v) is 9.29. The van der Waals surface area contributed by atoms with Crippen LogP contribution in [-0.4, -0.2) is 35.5 Å². The molecular formula is C27H24BrFN4O4. The van der Waals surface area contributed by atoms with Crippen molar-refractivity contribution in [3.63, 3.8) is 0 Å². The summed E-state index contributed by atoms with van der Waals surface area (Å²) < 4.78 is 26.3. The number of methoxy groups -OCH3 is 1. The molecule has 3 aromatic carbocycles. The Kier molecular flexibility index (Phi) is 7.98. The maximum Gasteiger partial charge on any atom is 0.282 e. The largest absolute Gasteiger partial charge is 0.493 e. The second-order valence-electron chi connectivity index (χ2n) is 8.37. The van der Waals surface area contributed by atoms with Gasteiger partial charge in [-0.25, -0.2) is 9.37 Å². The molecule has 0 unspecified atom stereocenters. The zero-order chi connectivity index (χ0) is 26.5. The van der Waals surface area contributed by atoms with E-state index >= 15 is 0 Å². The Morgan fingerprint density at radius 3 is 2.65 bits per heavy atom. The van der Waals surface area contributed by atoms with Gasteiger partial charge in [-0.05, 0) is 54.6 Å². The van der Waals surface area contributed by atoms with Crippen molar-refractivity contribution in [3.8, 4) is 11.5 Å². The van der Waals surface area contributed by atoms with Crippen LogP contribution < -0.4 is 20.3 Å². The monoisotopic (exact) mass is 566 g/mol. The number of nitrogens with zero attached hydrogens (tertiary/aromatic N) is 3. The Morgan fingerprint density at radius 1 is 1.19 bits per heavy atom. The highest BCUT2D eigenvalue weighted by molar-refractivity contribution is 9.10. The Morgan fingerprint density at radius 2 is 1.95 bits per heavy atom. The third-order valence-corrected chi connectivity index (χ3v) is 5.86. The number of rotatable bonds is 8. The van der Waals surface area contributed by atoms with E-state index in [1.165, 1.54) is 42.3 Å². The highest BCUT2D eigenvalue weighted by atomic mass is 79.9. The number of hydrogen-bond donors (Lipinski definition) is 1. The van der Waals surface area contributed by atoms with Crippen LogP contribution in [-0.2, 0) is 4.79 Å². The van der Waals surface area contributed by atoms with Crippen molar-refractivity contribution < 1.29 is 18.7 Å². The van der Waals surface area contributed by atoms with Crippen molar-refractivity contribution in [1.29, 1.82) is 0 Å². The molecule has 0 bridgehead atoms. The molecule has 0 spiro atoms. The van der Waals surface area contributed by atoms with Gasteiger partial charge in [-0.3, -0.25) is 9.59 Å². The van der Waals surface area contributed by atoms with E-state index in [1.54, 1.807) is 30.3 Å². The van der Waals surface area contributed by atoms with Crippen molar-refractivity contribution in [2.24, 2.45) is 5.10 Å². The number of benzene rings is 3. The third kappa shape index (κ3) is 6.03. The second kappa shape index (κ2) is 11.3. The van der Waals surface area contributed by atoms with E-state index in [4.69, 9.17) is 9.47 Å². The molecule has 0 aliphatic rings. The van der Waals surface area contributed by atoms with Crippen LogP contribution >= 0.6 is 15.9 Å². The van der Waals surface area contributed by atoms with Crippen molar-refractivity contribution >= 4 is 44.6 Å². The Bertz CT molecular complexity index is 1530. The minimum absolute atomic E-state index is 0.0749. The summed E-state index contributed by atoms with van der Waals surface area (Å²) in [6.45, 7) is 3.53. The lowest BCUT2D eigenvalue weighted by atomic mass is 10.2. The smallest absolute Gasteiger partial charge is 0.282 e. The quantitative estimate of drug-likeness (QED) is 0.291. The lowest BCUT2D eigenvalue weighted by molar-refractivity contribution is -0.118. The van der Waals surface area contributed by atoms with Crippen LogP contribution in [0.5, 0.6) is 11.5 Å². The molecule has 4 rings (SSSR count). The molecule has 0 saturated heterocycles. The molecular weight excluding hydrogens is 543 g/mol. The topological polar surface area (TPSA) is 94.8 Å². The Balaban J connectivity index is 1.65. The molecule has 1 amide bonds. The summed E-state index contributed by atoms with van der Waals surface area (Å²) in [6, 6.07) is 15.9. The number of nitrogens with one attached hydrogen (secondary N) is 1. The lowest BCUT2D eigenvalue weighted by Gasteiger charge is -2.14. The van der Waals surface area contributed by atoms with Crippen LogP contribution in [0, 0.1) is 5.82 Å². The van der Waals surface area contributed by atoms with Gasteiger partial charge in [-0.15, -0.1) is 0 Å². The molecule has 8 nitrogen and oxygen atoms in total. The summed E-state index contributed by atoms with van der Waals surface area (Å²) in [7, 11) is 1.48. The first-order chi connectivity index (χ1) is 17.8. The first-order valence-electron chi connectivity index (χ1n) is 11.4. The van der Waals surface area contributed by atoms with Gasteiger partial charge < -0.3 is 14.8 Å². The maximum atomic E-state index is 13.3. The number of carbonyl (C=O) groups excluding carboxylic acids is 1. The standard InChI is InChI=1S/C27H24BrFN4O4/c1-16(2)26-32-22-12-7-18(28)13-21(22)27(35)33(26)30-14-17-5-4-6-23(36-3)25(17)37-15-24(34)31-20-10-8-19(29)9-11-20/h4-14,16H,15H2,1-3H3,(H,31,34). The fraction of sp³-hybridized carbons (Fsp3) is 0.185. The fourth-order valence-corrected chi connectivity index (χ4v) is 3.95. The summed E-state index contributed by atoms with van der Waals surface area (Å²) in [5.41, 5.74) is 1.20. The van der Waals surface area contributed by atoms with Crippen LogP contribution in [0.1, 0.15) is 31.2 Å². The average Bonchev–Trinajstić information content (AvgIpc) is 2.88. The number of para-hydroxylation sites is 1. The molecule has 190 valence electrons. The minimum atomic E-state index is -0.442. The van der Waals surface area contributed by atoms with Crippen molar-refractivity contribution in [3.05, 3.63) is 92.7 Å². The van der Waals surface area contributed by atoms with Crippen molar-refractivity contribution in [1.82, 2.24) is 9.66 Å². The van der Waals surface area contributed by atoms with Crippen LogP contribution in [0.25, 0.3) is 10.9 Å². The van der Waals surface area contributed by atoms with Gasteiger partial charge in [0.15, 0.2) is 18.1 Å². The summed E-state index contributed by atoms with van der Waals surface area (Å²) in [6.07, 6.45) is 1.47. The fourth-order valence-electron chi connectivity index (χ4n) is 3.59. The summed E-state index contributed by atoms with van der Waals surface area (Å²) in [5.74, 6) is 0.243. The maximum absolute atomic E-state index is 13.3. The molecule has 1 heterocycles. The van der Waals surface area contributed by atoms with E-state index in [2.05, 4.69) is 31.3 Å². The van der Waals surface area contributed by atoms with E-state index in [0.717, 1.165) is 4.47 Å². The minimum Gasteiger partial charge on any atom is -0.493 e. The molecule has 37 heavy (non-hydrogen) atoms. The molecule has 1 aromatic heterocycles. The highest BCUT2D eigenvalue weighted by Crippen LogP contribution is 2.30. The predicted octanol–water partition coefficient (Wildman–Crippen LogP) is 5.33. The predicted molar refractivity (Wildman–Crippen MR) is 144 cm³/mol. The van der Waals surface area contributed by atoms with Gasteiger partial charge in [0.05, 0.1) is 24.2 Å². The summed E-state index contributed by atoms with van der Waals surface area (Å²) in [5, 5.41) is 7.51. The van der Waals surface area contributed by atoms with Gasteiger partial charge in [-0.1, -0.05) is 35.8 Å². The number of anilines is 1. The molecule has 0 aliphatic heterocycles. The molecule has 1 N–H and O–H groups in total. The van der Waals surface area contributed by atoms with Gasteiger partial charge >= 0.3 is 0 Å². The van der Waals surface area contributed by atoms with Gasteiger partial charge in [0.2, 0.25) is 0 Å². The third-order valence-electron chi connectivity index (χ3n) is 5.37. The number of fused-ring (bicyclic) bond motifs is 1. The number of amides is 1. The first-order valence-corrected chi connectivity index (χ1v) is 12.2. The van der Waals surface area contributed by atoms with Crippen LogP contribution in [0.4, 0.5) is 10.1 Å². The number of ether oxygens (including phenoxy) is 2. The van der Waals surface area contributed by atoms with E-state index in [9.17, 15) is 14.0 Å². The number of hydrogen-bond acceptors (Lipinski definition) is 6. The van der Waals surface area contributed by atoms with Crippen LogP contribution in [0.15, 0.2) is 75.0 Å². The lowest BCUT2D eigenvalue weighted by Crippen LogP contribution is -2.23. The number of carbonyl (C=O) groups is 1. The normalized spacial score (nSPS) is 11.3.